The predicted molar refractivity (Wildman–Crippen MR) is 109 cm³/mol. The van der Waals surface area contributed by atoms with E-state index in [1.807, 2.05) is 19.1 Å². The molecule has 0 aromatic heterocycles. The summed E-state index contributed by atoms with van der Waals surface area (Å²) >= 11 is 0. The van der Waals surface area contributed by atoms with Gasteiger partial charge in [-0.2, -0.15) is 0 Å². The Hall–Kier alpha value is -1.72. The highest BCUT2D eigenvalue weighted by atomic mass is 16.7. The van der Waals surface area contributed by atoms with Crippen LogP contribution in [-0.2, 0) is 9.47 Å². The molecule has 1 aromatic carbocycles. The van der Waals surface area contributed by atoms with Crippen molar-refractivity contribution in [2.45, 2.75) is 51.9 Å². The number of anilines is 1. The smallest absolute Gasteiger partial charge is 0.166 e. The van der Waals surface area contributed by atoms with Gasteiger partial charge in [0.15, 0.2) is 5.79 Å². The van der Waals surface area contributed by atoms with Crippen molar-refractivity contribution in [2.75, 3.05) is 44.3 Å². The standard InChI is InChI=1S/C22H34N2O3/c1-5-6-11-22(4)26-17-21(27-22)16-25-20-9-7-19(8-10-20)24-14-12-23(13-15-24)18(2)3/h7-10,21H,2,5-6,11-17H2,1,3-4H3. The van der Waals surface area contributed by atoms with Crippen molar-refractivity contribution in [3.05, 3.63) is 36.5 Å². The van der Waals surface area contributed by atoms with Gasteiger partial charge in [0.2, 0.25) is 0 Å². The lowest BCUT2D eigenvalue weighted by Crippen LogP contribution is -2.45. The first kappa shape index (κ1) is 20.0. The number of allylic oxidation sites excluding steroid dienone is 1. The highest BCUT2D eigenvalue weighted by Gasteiger charge is 2.36. The normalized spacial score (nSPS) is 25.7. The first-order valence-electron chi connectivity index (χ1n) is 10.2. The van der Waals surface area contributed by atoms with Crippen molar-refractivity contribution in [1.82, 2.24) is 4.90 Å². The minimum absolute atomic E-state index is 0.00162. The monoisotopic (exact) mass is 374 g/mol. The van der Waals surface area contributed by atoms with Crippen LogP contribution < -0.4 is 9.64 Å². The van der Waals surface area contributed by atoms with Gasteiger partial charge in [0.25, 0.3) is 0 Å². The molecule has 2 atom stereocenters. The highest BCUT2D eigenvalue weighted by Crippen LogP contribution is 2.29. The summed E-state index contributed by atoms with van der Waals surface area (Å²) in [6.45, 7) is 15.6. The molecule has 0 radical (unpaired) electrons. The summed E-state index contributed by atoms with van der Waals surface area (Å²) in [4.78, 5) is 4.75. The molecule has 5 heteroatoms. The second-order valence-electron chi connectivity index (χ2n) is 7.80. The van der Waals surface area contributed by atoms with Crippen molar-refractivity contribution in [3.63, 3.8) is 0 Å². The SMILES string of the molecule is C=C(C)N1CCN(c2ccc(OCC3COC(C)(CCCC)O3)cc2)CC1. The second kappa shape index (κ2) is 8.98. The molecule has 2 fully saturated rings. The van der Waals surface area contributed by atoms with Crippen LogP contribution >= 0.6 is 0 Å². The van der Waals surface area contributed by atoms with Gasteiger partial charge in [0.05, 0.1) is 6.61 Å². The molecular formula is C22H34N2O3. The van der Waals surface area contributed by atoms with Crippen LogP contribution in [0, 0.1) is 0 Å². The van der Waals surface area contributed by atoms with E-state index in [0.717, 1.165) is 56.9 Å². The predicted octanol–water partition coefficient (Wildman–Crippen LogP) is 4.04. The molecule has 0 aliphatic carbocycles. The maximum absolute atomic E-state index is 6.05. The van der Waals surface area contributed by atoms with Gasteiger partial charge < -0.3 is 24.0 Å². The summed E-state index contributed by atoms with van der Waals surface area (Å²) in [6, 6.07) is 8.38. The van der Waals surface area contributed by atoms with Crippen LogP contribution in [0.3, 0.4) is 0 Å². The van der Waals surface area contributed by atoms with Crippen molar-refractivity contribution < 1.29 is 14.2 Å². The lowest BCUT2D eigenvalue weighted by atomic mass is 10.1. The zero-order chi connectivity index (χ0) is 19.3. The Morgan fingerprint density at radius 2 is 1.93 bits per heavy atom. The molecule has 0 spiro atoms. The van der Waals surface area contributed by atoms with Crippen molar-refractivity contribution in [2.24, 2.45) is 0 Å². The summed E-state index contributed by atoms with van der Waals surface area (Å²) in [5.41, 5.74) is 2.40. The first-order chi connectivity index (χ1) is 13.0. The number of rotatable bonds is 8. The summed E-state index contributed by atoms with van der Waals surface area (Å²) in [7, 11) is 0. The van der Waals surface area contributed by atoms with Crippen LogP contribution in [0.2, 0.25) is 0 Å². The minimum atomic E-state index is -0.445. The highest BCUT2D eigenvalue weighted by molar-refractivity contribution is 5.49. The van der Waals surface area contributed by atoms with E-state index in [2.05, 4.69) is 42.4 Å². The average Bonchev–Trinajstić information content (AvgIpc) is 3.07. The third-order valence-electron chi connectivity index (χ3n) is 5.43. The number of benzene rings is 1. The zero-order valence-electron chi connectivity index (χ0n) is 17.1. The van der Waals surface area contributed by atoms with Crippen LogP contribution in [0.1, 0.15) is 40.0 Å². The molecule has 27 heavy (non-hydrogen) atoms. The lowest BCUT2D eigenvalue weighted by molar-refractivity contribution is -0.161. The molecule has 150 valence electrons. The molecule has 2 heterocycles. The molecule has 2 unspecified atom stereocenters. The fourth-order valence-corrected chi connectivity index (χ4v) is 3.69. The topological polar surface area (TPSA) is 34.2 Å². The van der Waals surface area contributed by atoms with E-state index in [1.165, 1.54) is 5.69 Å². The summed E-state index contributed by atoms with van der Waals surface area (Å²) < 4.78 is 17.8. The molecule has 2 aliphatic heterocycles. The van der Waals surface area contributed by atoms with Crippen LogP contribution in [0.25, 0.3) is 0 Å². The molecule has 0 bridgehead atoms. The Morgan fingerprint density at radius 1 is 1.22 bits per heavy atom. The Morgan fingerprint density at radius 3 is 2.56 bits per heavy atom. The van der Waals surface area contributed by atoms with Gasteiger partial charge in [-0.3, -0.25) is 0 Å². The molecule has 0 N–H and O–H groups in total. The van der Waals surface area contributed by atoms with Gasteiger partial charge in [-0.05, 0) is 44.5 Å². The molecule has 5 nitrogen and oxygen atoms in total. The fourth-order valence-electron chi connectivity index (χ4n) is 3.69. The second-order valence-corrected chi connectivity index (χ2v) is 7.80. The summed E-state index contributed by atoms with van der Waals surface area (Å²) in [6.07, 6.45) is 3.21. The largest absolute Gasteiger partial charge is 0.491 e. The van der Waals surface area contributed by atoms with Gasteiger partial charge in [0.1, 0.15) is 18.5 Å². The average molecular weight is 375 g/mol. The summed E-state index contributed by atoms with van der Waals surface area (Å²) in [5, 5.41) is 0. The Labute approximate surface area is 163 Å². The van der Waals surface area contributed by atoms with E-state index < -0.39 is 5.79 Å². The summed E-state index contributed by atoms with van der Waals surface area (Å²) in [5.74, 6) is 0.435. The lowest BCUT2D eigenvalue weighted by Gasteiger charge is -2.37. The number of ether oxygens (including phenoxy) is 3. The van der Waals surface area contributed by atoms with E-state index in [-0.39, 0.29) is 6.10 Å². The Balaban J connectivity index is 1.44. The van der Waals surface area contributed by atoms with Crippen LogP contribution in [0.4, 0.5) is 5.69 Å². The number of unbranched alkanes of at least 4 members (excludes halogenated alkanes) is 1. The van der Waals surface area contributed by atoms with E-state index in [4.69, 9.17) is 14.2 Å². The molecule has 0 saturated carbocycles. The number of hydrogen-bond acceptors (Lipinski definition) is 5. The molecule has 3 rings (SSSR count). The van der Waals surface area contributed by atoms with Crippen LogP contribution in [0.5, 0.6) is 5.75 Å². The fraction of sp³-hybridized carbons (Fsp3) is 0.636. The van der Waals surface area contributed by atoms with Gasteiger partial charge in [-0.15, -0.1) is 0 Å². The molecule has 2 aliphatic rings. The number of piperazine rings is 1. The van der Waals surface area contributed by atoms with E-state index >= 15 is 0 Å². The van der Waals surface area contributed by atoms with E-state index in [1.54, 1.807) is 0 Å². The van der Waals surface area contributed by atoms with E-state index in [9.17, 15) is 0 Å². The third kappa shape index (κ3) is 5.39. The maximum atomic E-state index is 6.05. The van der Waals surface area contributed by atoms with E-state index in [0.29, 0.717) is 13.2 Å². The number of nitrogens with zero attached hydrogens (tertiary/aromatic N) is 2. The molecule has 0 amide bonds. The van der Waals surface area contributed by atoms with Gasteiger partial charge in [-0.25, -0.2) is 0 Å². The Bertz CT molecular complexity index is 610. The van der Waals surface area contributed by atoms with Gasteiger partial charge in [-0.1, -0.05) is 19.9 Å². The van der Waals surface area contributed by atoms with Crippen LogP contribution in [0.15, 0.2) is 36.5 Å². The first-order valence-corrected chi connectivity index (χ1v) is 10.2. The third-order valence-corrected chi connectivity index (χ3v) is 5.43. The quantitative estimate of drug-likeness (QED) is 0.686. The van der Waals surface area contributed by atoms with Crippen LogP contribution in [-0.4, -0.2) is 56.2 Å². The van der Waals surface area contributed by atoms with Crippen molar-refractivity contribution in [3.8, 4) is 5.75 Å². The maximum Gasteiger partial charge on any atom is 0.166 e. The molecular weight excluding hydrogens is 340 g/mol. The minimum Gasteiger partial charge on any atom is -0.491 e. The Kier molecular flexibility index (Phi) is 6.66. The van der Waals surface area contributed by atoms with Gasteiger partial charge >= 0.3 is 0 Å². The zero-order valence-corrected chi connectivity index (χ0v) is 17.1. The number of hydrogen-bond donors (Lipinski definition) is 0. The molecule has 2 saturated heterocycles. The van der Waals surface area contributed by atoms with Gasteiger partial charge in [0, 0.05) is 44.0 Å². The molecule has 1 aromatic rings. The van der Waals surface area contributed by atoms with Crippen molar-refractivity contribution in [1.29, 1.82) is 0 Å². The van der Waals surface area contributed by atoms with Crippen molar-refractivity contribution >= 4 is 5.69 Å².